The Bertz CT molecular complexity index is 933. The van der Waals surface area contributed by atoms with Gasteiger partial charge in [-0.05, 0) is 18.1 Å². The first kappa shape index (κ1) is 16.8. The van der Waals surface area contributed by atoms with E-state index in [2.05, 4.69) is 4.74 Å². The predicted octanol–water partition coefficient (Wildman–Crippen LogP) is 0.00219. The molecule has 0 aliphatic carbocycles. The summed E-state index contributed by atoms with van der Waals surface area (Å²) in [6, 6.07) is -1.32. The average Bonchev–Trinajstić information content (AvgIpc) is 2.79. The molecule has 1 aliphatic heterocycles. The fraction of sp³-hybridized carbons (Fsp3) is 0.643. The highest BCUT2D eigenvalue weighted by molar-refractivity contribution is 7.71. The van der Waals surface area contributed by atoms with Crippen LogP contribution in [0.4, 0.5) is 4.39 Å². The molecule has 0 radical (unpaired) electrons. The van der Waals surface area contributed by atoms with Crippen LogP contribution in [0.15, 0.2) is 11.0 Å². The van der Waals surface area contributed by atoms with E-state index in [9.17, 15) is 19.8 Å². The molecule has 0 spiro atoms. The van der Waals surface area contributed by atoms with Crippen molar-refractivity contribution in [3.63, 3.8) is 0 Å². The van der Waals surface area contributed by atoms with Crippen molar-refractivity contribution in [2.75, 3.05) is 6.56 Å². The molecule has 1 aliphatic rings. The predicted molar refractivity (Wildman–Crippen MR) is 90.6 cm³/mol. The molecule has 1 aromatic heterocycles. The van der Waals surface area contributed by atoms with Crippen molar-refractivity contribution in [2.45, 2.75) is 44.2 Å². The number of alkyl halides is 1. The molecule has 0 saturated carbocycles. The first-order chi connectivity index (χ1) is 13.1. The number of esters is 1. The molecule has 12 heteroatoms. The zero-order valence-electron chi connectivity index (χ0n) is 16.6. The lowest BCUT2D eigenvalue weighted by Gasteiger charge is -2.24. The number of carbonyl (C=O) groups excluding carboxylic acids is 1. The van der Waals surface area contributed by atoms with Gasteiger partial charge in [-0.25, -0.2) is 4.39 Å². The smallest absolute Gasteiger partial charge is 0.323 e. The van der Waals surface area contributed by atoms with Gasteiger partial charge in [0.25, 0.3) is 11.4 Å². The minimum atomic E-state index is -3.90. The maximum absolute atomic E-state index is 15.5. The maximum Gasteiger partial charge on any atom is 0.323 e. The fourth-order valence-electron chi connectivity index (χ4n) is 1.96. The Morgan fingerprint density at radius 3 is 2.92 bits per heavy atom. The molecule has 5 atom stereocenters. The summed E-state index contributed by atoms with van der Waals surface area (Å²) in [4.78, 5) is 25.5. The fourth-order valence-corrected chi connectivity index (χ4v) is 2.34. The number of H-pyrrole nitrogens is 1. The third-order valence-corrected chi connectivity index (χ3v) is 4.17. The van der Waals surface area contributed by atoms with Crippen molar-refractivity contribution < 1.29 is 33.0 Å². The van der Waals surface area contributed by atoms with Crippen LogP contribution in [-0.4, -0.2) is 56.4 Å². The Kier molecular flexibility index (Phi) is 4.97. The second kappa shape index (κ2) is 7.71. The molecule has 26 heavy (non-hydrogen) atoms. The monoisotopic (exact) mass is 414 g/mol. The molecular formula is C14H19ClFN3O6S. The number of nitrogens with two attached hydrogens (primary N) is 1. The molecule has 0 amide bonds. The lowest BCUT2D eigenvalue weighted by atomic mass is 10.1. The third kappa shape index (κ3) is 3.97. The van der Waals surface area contributed by atoms with Crippen molar-refractivity contribution in [1.29, 1.82) is 0 Å². The molecule has 0 unspecified atom stereocenters. The van der Waals surface area contributed by atoms with Crippen LogP contribution in [0, 0.1) is 10.7 Å². The summed E-state index contributed by atoms with van der Waals surface area (Å²) in [7, 11) is 0. The SMILES string of the molecule is [2H]C([2H])(OC(=O)[C@@H](N)C(C)C)[C@@]1(F)O[C@@]([2H])(n2cc(Cl)c(=O)[nH]c2=S)[C@H](O)[C@@H]1O. The summed E-state index contributed by atoms with van der Waals surface area (Å²) in [6.45, 7) is -0.601. The summed E-state index contributed by atoms with van der Waals surface area (Å²) < 4.78 is 48.4. The topological polar surface area (TPSA) is 140 Å². The summed E-state index contributed by atoms with van der Waals surface area (Å²) in [5.74, 6) is -5.72. The number of aliphatic hydroxyl groups is 2. The standard InChI is InChI=1S/C14H19ClFN3O6S/c1-5(2)7(17)12(23)24-4-14(16)9(21)8(20)11(25-14)19-3-6(15)10(22)18-13(19)26/h3,5,7-9,11,20-21H,4,17H2,1-2H3,(H,18,22,26)/t7-,8+,9-,11+,14+/m0/s1/i4D2,11D. The van der Waals surface area contributed by atoms with Crippen LogP contribution in [0.3, 0.4) is 0 Å². The van der Waals surface area contributed by atoms with Crippen LogP contribution >= 0.6 is 23.8 Å². The Morgan fingerprint density at radius 2 is 2.35 bits per heavy atom. The summed E-state index contributed by atoms with van der Waals surface area (Å²) in [6.07, 6.45) is -7.37. The van der Waals surface area contributed by atoms with Gasteiger partial charge in [0.1, 0.15) is 23.3 Å². The van der Waals surface area contributed by atoms with Crippen LogP contribution in [0.25, 0.3) is 0 Å². The van der Waals surface area contributed by atoms with Gasteiger partial charge in [0.15, 0.2) is 17.5 Å². The Labute approximate surface area is 161 Å². The second-order valence-electron chi connectivity index (χ2n) is 5.87. The normalized spacial score (nSPS) is 34.8. The van der Waals surface area contributed by atoms with Crippen molar-refractivity contribution in [3.05, 3.63) is 26.3 Å². The molecular weight excluding hydrogens is 393 g/mol. The number of ether oxygens (including phenoxy) is 2. The second-order valence-corrected chi connectivity index (χ2v) is 6.67. The summed E-state index contributed by atoms with van der Waals surface area (Å²) >= 11 is 10.5. The summed E-state index contributed by atoms with van der Waals surface area (Å²) in [5, 5.41) is 19.9. The van der Waals surface area contributed by atoms with Gasteiger partial charge in [-0.2, -0.15) is 0 Å². The van der Waals surface area contributed by atoms with Gasteiger partial charge in [-0.15, -0.1) is 0 Å². The molecule has 1 fully saturated rings. The van der Waals surface area contributed by atoms with Crippen LogP contribution < -0.4 is 11.3 Å². The van der Waals surface area contributed by atoms with E-state index in [-0.39, 0.29) is 0 Å². The van der Waals surface area contributed by atoms with E-state index in [0.29, 0.717) is 4.57 Å². The minimum Gasteiger partial charge on any atom is -0.458 e. The van der Waals surface area contributed by atoms with E-state index < -0.39 is 64.1 Å². The van der Waals surface area contributed by atoms with Gasteiger partial charge in [-0.1, -0.05) is 25.4 Å². The summed E-state index contributed by atoms with van der Waals surface area (Å²) in [5.41, 5.74) is 4.70. The zero-order valence-corrected chi connectivity index (χ0v) is 15.2. The van der Waals surface area contributed by atoms with E-state index in [0.717, 1.165) is 6.20 Å². The van der Waals surface area contributed by atoms with Gasteiger partial charge in [0, 0.05) is 6.20 Å². The molecule has 0 bridgehead atoms. The largest absolute Gasteiger partial charge is 0.458 e. The molecule has 5 N–H and O–H groups in total. The van der Waals surface area contributed by atoms with Crippen molar-refractivity contribution >= 4 is 29.8 Å². The minimum absolute atomic E-state index is 0.481. The molecule has 0 aromatic carbocycles. The lowest BCUT2D eigenvalue weighted by Crippen LogP contribution is -2.46. The van der Waals surface area contributed by atoms with Gasteiger partial charge in [0.2, 0.25) is 0 Å². The van der Waals surface area contributed by atoms with Crippen molar-refractivity contribution in [3.8, 4) is 0 Å². The van der Waals surface area contributed by atoms with E-state index in [1.54, 1.807) is 0 Å². The number of hydrogen-bond acceptors (Lipinski definition) is 8. The lowest BCUT2D eigenvalue weighted by molar-refractivity contribution is -0.217. The zero-order chi connectivity index (χ0) is 22.5. The van der Waals surface area contributed by atoms with Crippen LogP contribution in [0.5, 0.6) is 0 Å². The van der Waals surface area contributed by atoms with Crippen LogP contribution in [0.1, 0.15) is 24.2 Å². The molecule has 1 saturated heterocycles. The van der Waals surface area contributed by atoms with Gasteiger partial charge < -0.3 is 25.4 Å². The first-order valence-electron chi connectivity index (χ1n) is 8.84. The maximum atomic E-state index is 15.5. The van der Waals surface area contributed by atoms with Crippen LogP contribution in [-0.2, 0) is 14.3 Å². The molecule has 1 aromatic rings. The highest BCUT2D eigenvalue weighted by Crippen LogP contribution is 2.38. The van der Waals surface area contributed by atoms with Crippen molar-refractivity contribution in [1.82, 2.24) is 9.55 Å². The number of nitrogens with zero attached hydrogens (tertiary/aromatic N) is 1. The van der Waals surface area contributed by atoms with Gasteiger partial charge in [0.05, 0.1) is 4.11 Å². The number of rotatable bonds is 5. The number of nitrogens with one attached hydrogen (secondary N) is 1. The Hall–Kier alpha value is -1.37. The number of aromatic nitrogens is 2. The molecule has 9 nitrogen and oxygen atoms in total. The van der Waals surface area contributed by atoms with Crippen LogP contribution in [0.2, 0.25) is 5.02 Å². The van der Waals surface area contributed by atoms with E-state index in [1.165, 1.54) is 13.8 Å². The number of halogens is 2. The highest BCUT2D eigenvalue weighted by Gasteiger charge is 2.57. The quantitative estimate of drug-likeness (QED) is 0.390. The Balaban J connectivity index is 2.48. The third-order valence-electron chi connectivity index (χ3n) is 3.60. The number of hydrogen-bond donors (Lipinski definition) is 4. The number of aromatic amines is 1. The van der Waals surface area contributed by atoms with E-state index in [4.69, 9.17) is 38.4 Å². The average molecular weight is 415 g/mol. The molecule has 146 valence electrons. The van der Waals surface area contributed by atoms with Gasteiger partial charge >= 0.3 is 5.97 Å². The molecule has 2 heterocycles. The number of carbonyl (C=O) groups is 1. The van der Waals surface area contributed by atoms with Crippen molar-refractivity contribution in [2.24, 2.45) is 11.7 Å². The molecule has 2 rings (SSSR count). The number of aliphatic hydroxyl groups excluding tert-OH is 2. The van der Waals surface area contributed by atoms with E-state index >= 15 is 4.39 Å². The van der Waals surface area contributed by atoms with Gasteiger partial charge in [-0.3, -0.25) is 19.1 Å². The first-order valence-corrected chi connectivity index (χ1v) is 8.12. The van der Waals surface area contributed by atoms with E-state index in [1.807, 2.05) is 4.98 Å². The highest BCUT2D eigenvalue weighted by atomic mass is 35.5. The Morgan fingerprint density at radius 1 is 1.73 bits per heavy atom.